The number of aromatic nitrogens is 1. The third-order valence-electron chi connectivity index (χ3n) is 3.67. The Hall–Kier alpha value is -1.43. The molecule has 0 N–H and O–H groups in total. The van der Waals surface area contributed by atoms with Crippen molar-refractivity contribution >= 4 is 15.7 Å². The first-order valence-corrected chi connectivity index (χ1v) is 9.02. The van der Waals surface area contributed by atoms with Crippen molar-refractivity contribution in [3.05, 3.63) is 30.1 Å². The molecule has 1 aromatic heterocycles. The van der Waals surface area contributed by atoms with E-state index < -0.39 is 15.1 Å². The number of likely N-dealkylation sites (tertiary alicyclic amines) is 1. The van der Waals surface area contributed by atoms with E-state index in [0.29, 0.717) is 25.1 Å². The van der Waals surface area contributed by atoms with Crippen LogP contribution in [0.25, 0.3) is 0 Å². The maximum absolute atomic E-state index is 12.4. The average molecular weight is 310 g/mol. The van der Waals surface area contributed by atoms with Gasteiger partial charge in [-0.15, -0.1) is 0 Å². The molecule has 116 valence electrons. The second kappa shape index (κ2) is 6.56. The van der Waals surface area contributed by atoms with Gasteiger partial charge in [0.2, 0.25) is 0 Å². The number of rotatable bonds is 4. The van der Waals surface area contributed by atoms with Gasteiger partial charge in [-0.05, 0) is 30.9 Å². The summed E-state index contributed by atoms with van der Waals surface area (Å²) in [6.07, 6.45) is 4.53. The van der Waals surface area contributed by atoms with Crippen molar-refractivity contribution in [1.29, 1.82) is 0 Å². The van der Waals surface area contributed by atoms with E-state index in [1.54, 1.807) is 29.4 Å². The Labute approximate surface area is 126 Å². The lowest BCUT2D eigenvalue weighted by molar-refractivity contribution is 0.0727. The predicted octanol–water partition coefficient (Wildman–Crippen LogP) is 1.76. The number of pyridine rings is 1. The number of sulfone groups is 1. The molecule has 1 fully saturated rings. The summed E-state index contributed by atoms with van der Waals surface area (Å²) in [4.78, 5) is 17.9. The Morgan fingerprint density at radius 1 is 1.38 bits per heavy atom. The zero-order valence-electron chi connectivity index (χ0n) is 12.5. The standard InChI is InChI=1S/C15H22N2O3S/c1-12(2)11-21(19,20)14-4-3-9-17(10-14)15(18)13-5-7-16-8-6-13/h5-8,12,14H,3-4,9-11H2,1-2H3/t14-/m0/s1. The van der Waals surface area contributed by atoms with E-state index in [1.165, 1.54) is 0 Å². The van der Waals surface area contributed by atoms with Gasteiger partial charge in [-0.25, -0.2) is 8.42 Å². The van der Waals surface area contributed by atoms with Crippen LogP contribution in [-0.2, 0) is 9.84 Å². The van der Waals surface area contributed by atoms with Crippen molar-refractivity contribution in [2.24, 2.45) is 5.92 Å². The van der Waals surface area contributed by atoms with Gasteiger partial charge < -0.3 is 4.90 Å². The third-order valence-corrected chi connectivity index (χ3v) is 6.20. The van der Waals surface area contributed by atoms with Crippen LogP contribution in [0.15, 0.2) is 24.5 Å². The molecule has 0 radical (unpaired) electrons. The van der Waals surface area contributed by atoms with E-state index in [-0.39, 0.29) is 17.6 Å². The molecule has 0 saturated carbocycles. The number of piperidine rings is 1. The topological polar surface area (TPSA) is 67.3 Å². The minimum atomic E-state index is -3.14. The number of hydrogen-bond acceptors (Lipinski definition) is 4. The summed E-state index contributed by atoms with van der Waals surface area (Å²) in [5.41, 5.74) is 0.562. The van der Waals surface area contributed by atoms with E-state index in [1.807, 2.05) is 13.8 Å². The predicted molar refractivity (Wildman–Crippen MR) is 81.8 cm³/mol. The summed E-state index contributed by atoms with van der Waals surface area (Å²) in [6, 6.07) is 3.32. The minimum Gasteiger partial charge on any atom is -0.337 e. The highest BCUT2D eigenvalue weighted by Crippen LogP contribution is 2.21. The number of nitrogens with zero attached hydrogens (tertiary/aromatic N) is 2. The lowest BCUT2D eigenvalue weighted by atomic mass is 10.1. The maximum atomic E-state index is 12.4. The van der Waals surface area contributed by atoms with Crippen molar-refractivity contribution in [2.45, 2.75) is 31.9 Å². The summed E-state index contributed by atoms with van der Waals surface area (Å²) < 4.78 is 24.7. The second-order valence-electron chi connectivity index (χ2n) is 5.97. The number of hydrogen-bond donors (Lipinski definition) is 0. The molecular weight excluding hydrogens is 288 g/mol. The average Bonchev–Trinajstić information content (AvgIpc) is 2.46. The zero-order valence-corrected chi connectivity index (χ0v) is 13.3. The molecule has 6 heteroatoms. The number of amides is 1. The fourth-order valence-electron chi connectivity index (χ4n) is 2.69. The summed E-state index contributed by atoms with van der Waals surface area (Å²) >= 11 is 0. The van der Waals surface area contributed by atoms with Gasteiger partial charge in [0.1, 0.15) is 0 Å². The fourth-order valence-corrected chi connectivity index (χ4v) is 4.83. The van der Waals surface area contributed by atoms with Gasteiger partial charge in [-0.2, -0.15) is 0 Å². The quantitative estimate of drug-likeness (QED) is 0.850. The Kier molecular flexibility index (Phi) is 4.98. The van der Waals surface area contributed by atoms with Crippen LogP contribution < -0.4 is 0 Å². The molecule has 1 aliphatic rings. The van der Waals surface area contributed by atoms with Crippen LogP contribution >= 0.6 is 0 Å². The van der Waals surface area contributed by atoms with Crippen LogP contribution in [0, 0.1) is 5.92 Å². The van der Waals surface area contributed by atoms with Crippen LogP contribution in [0.4, 0.5) is 0 Å². The minimum absolute atomic E-state index is 0.109. The van der Waals surface area contributed by atoms with Gasteiger partial charge in [-0.1, -0.05) is 13.8 Å². The molecule has 0 unspecified atom stereocenters. The summed E-state index contributed by atoms with van der Waals surface area (Å²) in [5.74, 6) is 0.192. The molecule has 21 heavy (non-hydrogen) atoms. The lowest BCUT2D eigenvalue weighted by Gasteiger charge is -2.32. The molecule has 1 amide bonds. The van der Waals surface area contributed by atoms with Gasteiger partial charge in [0, 0.05) is 31.0 Å². The van der Waals surface area contributed by atoms with Crippen LogP contribution in [0.5, 0.6) is 0 Å². The molecule has 1 atom stereocenters. The molecule has 0 aliphatic carbocycles. The van der Waals surface area contributed by atoms with Gasteiger partial charge in [0.05, 0.1) is 11.0 Å². The summed E-state index contributed by atoms with van der Waals surface area (Å²) in [7, 11) is -3.14. The monoisotopic (exact) mass is 310 g/mol. The fraction of sp³-hybridized carbons (Fsp3) is 0.600. The van der Waals surface area contributed by atoms with Crippen molar-refractivity contribution in [2.75, 3.05) is 18.8 Å². The third kappa shape index (κ3) is 4.03. The highest BCUT2D eigenvalue weighted by Gasteiger charge is 2.33. The molecule has 2 rings (SSSR count). The first-order valence-electron chi connectivity index (χ1n) is 7.31. The first-order chi connectivity index (χ1) is 9.90. The summed E-state index contributed by atoms with van der Waals surface area (Å²) in [6.45, 7) is 4.73. The van der Waals surface area contributed by atoms with Gasteiger partial charge >= 0.3 is 0 Å². The number of carbonyl (C=O) groups is 1. The van der Waals surface area contributed by atoms with Crippen LogP contribution in [0.1, 0.15) is 37.0 Å². The van der Waals surface area contributed by atoms with Crippen molar-refractivity contribution in [3.63, 3.8) is 0 Å². The van der Waals surface area contributed by atoms with E-state index in [9.17, 15) is 13.2 Å². The first kappa shape index (κ1) is 15.9. The van der Waals surface area contributed by atoms with Gasteiger partial charge in [0.25, 0.3) is 5.91 Å². The SMILES string of the molecule is CC(C)CS(=O)(=O)[C@H]1CCCN(C(=O)c2ccncc2)C1. The molecule has 0 spiro atoms. The molecule has 1 saturated heterocycles. The van der Waals surface area contributed by atoms with Crippen LogP contribution in [0.2, 0.25) is 0 Å². The highest BCUT2D eigenvalue weighted by atomic mass is 32.2. The van der Waals surface area contributed by atoms with E-state index in [2.05, 4.69) is 4.98 Å². The molecule has 5 nitrogen and oxygen atoms in total. The smallest absolute Gasteiger partial charge is 0.254 e. The molecular formula is C15H22N2O3S. The normalized spacial score (nSPS) is 19.8. The highest BCUT2D eigenvalue weighted by molar-refractivity contribution is 7.92. The van der Waals surface area contributed by atoms with Crippen molar-refractivity contribution in [1.82, 2.24) is 9.88 Å². The maximum Gasteiger partial charge on any atom is 0.254 e. The molecule has 0 aromatic carbocycles. The van der Waals surface area contributed by atoms with Crippen molar-refractivity contribution < 1.29 is 13.2 Å². The van der Waals surface area contributed by atoms with Crippen LogP contribution in [0.3, 0.4) is 0 Å². The van der Waals surface area contributed by atoms with E-state index >= 15 is 0 Å². The molecule has 1 aromatic rings. The largest absolute Gasteiger partial charge is 0.337 e. The Morgan fingerprint density at radius 3 is 2.67 bits per heavy atom. The lowest BCUT2D eigenvalue weighted by Crippen LogP contribution is -2.46. The molecule has 2 heterocycles. The zero-order chi connectivity index (χ0) is 15.5. The molecule has 1 aliphatic heterocycles. The Bertz CT molecular complexity index is 584. The van der Waals surface area contributed by atoms with Gasteiger partial charge in [0.15, 0.2) is 9.84 Å². The Balaban J connectivity index is 2.09. The second-order valence-corrected chi connectivity index (χ2v) is 8.30. The Morgan fingerprint density at radius 2 is 2.05 bits per heavy atom. The van der Waals surface area contributed by atoms with Crippen LogP contribution in [-0.4, -0.2) is 48.3 Å². The molecule has 0 bridgehead atoms. The number of carbonyl (C=O) groups excluding carboxylic acids is 1. The summed E-state index contributed by atoms with van der Waals surface area (Å²) in [5, 5.41) is -0.431. The van der Waals surface area contributed by atoms with Gasteiger partial charge in [-0.3, -0.25) is 9.78 Å². The van der Waals surface area contributed by atoms with E-state index in [0.717, 1.165) is 6.42 Å². The van der Waals surface area contributed by atoms with Crippen molar-refractivity contribution in [3.8, 4) is 0 Å². The van der Waals surface area contributed by atoms with E-state index in [4.69, 9.17) is 0 Å².